The number of pyridine rings is 1. The van der Waals surface area contributed by atoms with Crippen molar-refractivity contribution in [3.8, 4) is 5.88 Å². The van der Waals surface area contributed by atoms with Crippen molar-refractivity contribution in [3.63, 3.8) is 0 Å². The van der Waals surface area contributed by atoms with Crippen LogP contribution in [0.2, 0.25) is 0 Å². The van der Waals surface area contributed by atoms with Gasteiger partial charge in [-0.15, -0.1) is 0 Å². The zero-order valence-corrected chi connectivity index (χ0v) is 12.1. The lowest BCUT2D eigenvalue weighted by Crippen LogP contribution is -2.24. The summed E-state index contributed by atoms with van der Waals surface area (Å²) in [7, 11) is 0. The molecule has 1 aromatic heterocycles. The van der Waals surface area contributed by atoms with Crippen molar-refractivity contribution in [2.75, 3.05) is 0 Å². The van der Waals surface area contributed by atoms with Gasteiger partial charge in [0.25, 0.3) is 0 Å². The zero-order chi connectivity index (χ0) is 14.3. The number of carbonyl (C=O) groups excluding carboxylic acids is 1. The summed E-state index contributed by atoms with van der Waals surface area (Å²) in [5, 5.41) is 2.87. The fraction of sp³-hybridized carbons (Fsp3) is 0.467. The maximum Gasteiger partial charge on any atom is 0.246 e. The predicted molar refractivity (Wildman–Crippen MR) is 75.9 cm³/mol. The molecule has 0 aliphatic rings. The van der Waals surface area contributed by atoms with Gasteiger partial charge >= 0.3 is 0 Å². The van der Waals surface area contributed by atoms with Crippen LogP contribution in [0, 0.1) is 0 Å². The van der Waals surface area contributed by atoms with Crippen LogP contribution in [0.15, 0.2) is 30.0 Å². The molecule has 104 valence electrons. The summed E-state index contributed by atoms with van der Waals surface area (Å²) in [6, 6.07) is 3.74. The van der Waals surface area contributed by atoms with Crippen molar-refractivity contribution in [3.05, 3.63) is 35.5 Å². The van der Waals surface area contributed by atoms with Crippen LogP contribution in [-0.4, -0.2) is 17.0 Å². The monoisotopic (exact) mass is 262 g/mol. The van der Waals surface area contributed by atoms with Crippen molar-refractivity contribution < 1.29 is 9.53 Å². The number of nitrogens with one attached hydrogen (secondary N) is 1. The molecule has 1 amide bonds. The molecule has 0 aliphatic heterocycles. The third-order valence-electron chi connectivity index (χ3n) is 2.51. The largest absolute Gasteiger partial charge is 0.475 e. The lowest BCUT2D eigenvalue weighted by molar-refractivity contribution is -0.117. The molecule has 0 bridgehead atoms. The standard InChI is InChI=1S/C15H22N2O2/c1-5-7-12(4)14(18)17-10-13-8-6-9-16-15(13)19-11(2)3/h6-9,11H,5,10H2,1-4H3,(H,17,18). The fourth-order valence-corrected chi connectivity index (χ4v) is 1.60. The molecular weight excluding hydrogens is 240 g/mol. The minimum atomic E-state index is -0.0544. The number of allylic oxidation sites excluding steroid dienone is 1. The van der Waals surface area contributed by atoms with Gasteiger partial charge < -0.3 is 10.1 Å². The first-order valence-corrected chi connectivity index (χ1v) is 6.60. The van der Waals surface area contributed by atoms with Crippen LogP contribution in [0.3, 0.4) is 0 Å². The summed E-state index contributed by atoms with van der Waals surface area (Å²) < 4.78 is 5.61. The second kappa shape index (κ2) is 7.56. The minimum Gasteiger partial charge on any atom is -0.475 e. The van der Waals surface area contributed by atoms with Crippen LogP contribution in [0.5, 0.6) is 5.88 Å². The minimum absolute atomic E-state index is 0.0544. The number of amides is 1. The number of aromatic nitrogens is 1. The molecule has 4 heteroatoms. The van der Waals surface area contributed by atoms with E-state index in [0.29, 0.717) is 12.4 Å². The number of rotatable bonds is 6. The van der Waals surface area contributed by atoms with Crippen molar-refractivity contribution in [1.29, 1.82) is 0 Å². The van der Waals surface area contributed by atoms with Crippen LogP contribution < -0.4 is 10.1 Å². The van der Waals surface area contributed by atoms with E-state index in [1.54, 1.807) is 6.20 Å². The molecule has 0 saturated carbocycles. The Labute approximate surface area is 114 Å². The Balaban J connectivity index is 2.67. The van der Waals surface area contributed by atoms with E-state index in [0.717, 1.165) is 17.6 Å². The number of hydrogen-bond donors (Lipinski definition) is 1. The van der Waals surface area contributed by atoms with E-state index in [-0.39, 0.29) is 12.0 Å². The smallest absolute Gasteiger partial charge is 0.246 e. The summed E-state index contributed by atoms with van der Waals surface area (Å²) in [5.41, 5.74) is 1.62. The Bertz CT molecular complexity index is 453. The number of nitrogens with zero attached hydrogens (tertiary/aromatic N) is 1. The molecule has 1 aromatic rings. The Kier molecular flexibility index (Phi) is 6.06. The van der Waals surface area contributed by atoms with Gasteiger partial charge in [-0.2, -0.15) is 0 Å². The van der Waals surface area contributed by atoms with Gasteiger partial charge in [-0.25, -0.2) is 4.98 Å². The van der Waals surface area contributed by atoms with Crippen LogP contribution in [0.4, 0.5) is 0 Å². The molecule has 0 saturated heterocycles. The molecule has 1 N–H and O–H groups in total. The van der Waals surface area contributed by atoms with E-state index in [4.69, 9.17) is 4.74 Å². The summed E-state index contributed by atoms with van der Waals surface area (Å²) in [5.74, 6) is 0.524. The van der Waals surface area contributed by atoms with Crippen molar-refractivity contribution in [1.82, 2.24) is 10.3 Å². The lowest BCUT2D eigenvalue weighted by Gasteiger charge is -2.13. The van der Waals surface area contributed by atoms with Crippen molar-refractivity contribution in [2.45, 2.75) is 46.8 Å². The average Bonchev–Trinajstić information content (AvgIpc) is 2.37. The lowest BCUT2D eigenvalue weighted by atomic mass is 10.2. The van der Waals surface area contributed by atoms with E-state index < -0.39 is 0 Å². The molecule has 4 nitrogen and oxygen atoms in total. The van der Waals surface area contributed by atoms with Gasteiger partial charge in [0.05, 0.1) is 6.10 Å². The summed E-state index contributed by atoms with van der Waals surface area (Å²) >= 11 is 0. The zero-order valence-electron chi connectivity index (χ0n) is 12.1. The molecule has 0 atom stereocenters. The molecule has 0 unspecified atom stereocenters. The second-order valence-corrected chi connectivity index (χ2v) is 4.61. The summed E-state index contributed by atoms with van der Waals surface area (Å²) in [6.45, 7) is 8.14. The summed E-state index contributed by atoms with van der Waals surface area (Å²) in [6.07, 6.45) is 4.51. The maximum absolute atomic E-state index is 11.8. The third kappa shape index (κ3) is 5.12. The molecule has 0 radical (unpaired) electrons. The van der Waals surface area contributed by atoms with E-state index in [2.05, 4.69) is 10.3 Å². The first kappa shape index (κ1) is 15.2. The maximum atomic E-state index is 11.8. The number of carbonyl (C=O) groups is 1. The highest BCUT2D eigenvalue weighted by molar-refractivity contribution is 5.92. The molecule has 0 aromatic carbocycles. The molecule has 1 heterocycles. The van der Waals surface area contributed by atoms with Crippen molar-refractivity contribution in [2.24, 2.45) is 0 Å². The topological polar surface area (TPSA) is 51.2 Å². The van der Waals surface area contributed by atoms with Crippen LogP contribution in [-0.2, 0) is 11.3 Å². The molecular formula is C15H22N2O2. The predicted octanol–water partition coefficient (Wildman–Crippen LogP) is 2.84. The summed E-state index contributed by atoms with van der Waals surface area (Å²) in [4.78, 5) is 16.0. The highest BCUT2D eigenvalue weighted by Crippen LogP contribution is 2.15. The highest BCUT2D eigenvalue weighted by atomic mass is 16.5. The molecule has 1 rings (SSSR count). The third-order valence-corrected chi connectivity index (χ3v) is 2.51. The van der Waals surface area contributed by atoms with Gasteiger partial charge in [0.2, 0.25) is 11.8 Å². The molecule has 19 heavy (non-hydrogen) atoms. The SMILES string of the molecule is CCC=C(C)C(=O)NCc1cccnc1OC(C)C. The Hall–Kier alpha value is -1.84. The normalized spacial score (nSPS) is 11.5. The van der Waals surface area contributed by atoms with Gasteiger partial charge in [-0.1, -0.05) is 19.1 Å². The number of hydrogen-bond acceptors (Lipinski definition) is 3. The van der Waals surface area contributed by atoms with Crippen LogP contribution >= 0.6 is 0 Å². The van der Waals surface area contributed by atoms with Gasteiger partial charge in [-0.05, 0) is 33.3 Å². The van der Waals surface area contributed by atoms with E-state index in [1.165, 1.54) is 0 Å². The van der Waals surface area contributed by atoms with Gasteiger partial charge in [0.15, 0.2) is 0 Å². The molecule has 0 fully saturated rings. The van der Waals surface area contributed by atoms with Gasteiger partial charge in [0.1, 0.15) is 0 Å². The first-order chi connectivity index (χ1) is 9.04. The van der Waals surface area contributed by atoms with Crippen LogP contribution in [0.25, 0.3) is 0 Å². The quantitative estimate of drug-likeness (QED) is 0.802. The Morgan fingerprint density at radius 3 is 2.89 bits per heavy atom. The Morgan fingerprint density at radius 1 is 1.53 bits per heavy atom. The number of ether oxygens (including phenoxy) is 1. The second-order valence-electron chi connectivity index (χ2n) is 4.61. The fourth-order valence-electron chi connectivity index (χ4n) is 1.60. The van der Waals surface area contributed by atoms with Crippen molar-refractivity contribution >= 4 is 5.91 Å². The molecule has 0 spiro atoms. The van der Waals surface area contributed by atoms with E-state index in [1.807, 2.05) is 45.9 Å². The van der Waals surface area contributed by atoms with Gasteiger partial charge in [-0.3, -0.25) is 4.79 Å². The Morgan fingerprint density at radius 2 is 2.26 bits per heavy atom. The van der Waals surface area contributed by atoms with E-state index >= 15 is 0 Å². The molecule has 0 aliphatic carbocycles. The van der Waals surface area contributed by atoms with Crippen LogP contribution in [0.1, 0.15) is 39.7 Å². The first-order valence-electron chi connectivity index (χ1n) is 6.60. The average molecular weight is 262 g/mol. The van der Waals surface area contributed by atoms with E-state index in [9.17, 15) is 4.79 Å². The van der Waals surface area contributed by atoms with Gasteiger partial charge in [0, 0.05) is 23.9 Å². The highest BCUT2D eigenvalue weighted by Gasteiger charge is 2.09.